The van der Waals surface area contributed by atoms with Crippen LogP contribution >= 0.6 is 15.9 Å². The largest absolute Gasteiger partial charge is 0.492 e. The maximum absolute atomic E-state index is 5.82. The van der Waals surface area contributed by atoms with Crippen LogP contribution in [0.15, 0.2) is 28.7 Å². The van der Waals surface area contributed by atoms with Crippen molar-refractivity contribution >= 4 is 15.9 Å². The van der Waals surface area contributed by atoms with Gasteiger partial charge in [0, 0.05) is 17.6 Å². The molecule has 0 aliphatic heterocycles. The van der Waals surface area contributed by atoms with Crippen molar-refractivity contribution in [2.45, 2.75) is 27.2 Å². The Hall–Kier alpha value is -0.580. The fraction of sp³-hybridized carbons (Fsp3) is 0.625. The molecule has 0 aromatic heterocycles. The van der Waals surface area contributed by atoms with E-state index < -0.39 is 0 Å². The lowest BCUT2D eigenvalue weighted by atomic mass is 9.93. The highest BCUT2D eigenvalue weighted by Crippen LogP contribution is 2.17. The minimum atomic E-state index is 0.160. The number of benzene rings is 1. The average molecular weight is 343 g/mol. The summed E-state index contributed by atoms with van der Waals surface area (Å²) in [7, 11) is 0. The highest BCUT2D eigenvalue weighted by atomic mass is 79.9. The first-order chi connectivity index (χ1) is 9.46. The van der Waals surface area contributed by atoms with Gasteiger partial charge in [-0.2, -0.15) is 0 Å². The van der Waals surface area contributed by atoms with Gasteiger partial charge in [-0.05, 0) is 49.2 Å². The Morgan fingerprint density at radius 2 is 1.85 bits per heavy atom. The lowest BCUT2D eigenvalue weighted by Crippen LogP contribution is -2.40. The second kappa shape index (κ2) is 8.65. The Morgan fingerprint density at radius 1 is 1.20 bits per heavy atom. The van der Waals surface area contributed by atoms with Gasteiger partial charge >= 0.3 is 0 Å². The SMILES string of the molecule is CCCN(CCOc1ccc(Br)cc1)CC(C)(C)CN. The number of rotatable bonds is 9. The first kappa shape index (κ1) is 17.5. The third-order valence-corrected chi connectivity index (χ3v) is 3.76. The normalized spacial score (nSPS) is 11.9. The highest BCUT2D eigenvalue weighted by molar-refractivity contribution is 9.10. The molecule has 1 aromatic rings. The van der Waals surface area contributed by atoms with Crippen LogP contribution in [0, 0.1) is 5.41 Å². The van der Waals surface area contributed by atoms with E-state index in [4.69, 9.17) is 10.5 Å². The van der Waals surface area contributed by atoms with Crippen molar-refractivity contribution < 1.29 is 4.74 Å². The molecule has 0 bridgehead atoms. The molecule has 1 aromatic carbocycles. The minimum Gasteiger partial charge on any atom is -0.492 e. The number of halogens is 1. The molecule has 0 fully saturated rings. The third kappa shape index (κ3) is 6.73. The van der Waals surface area contributed by atoms with Crippen molar-refractivity contribution in [3.63, 3.8) is 0 Å². The summed E-state index contributed by atoms with van der Waals surface area (Å²) in [6, 6.07) is 7.96. The lowest BCUT2D eigenvalue weighted by Gasteiger charge is -2.31. The average Bonchev–Trinajstić information content (AvgIpc) is 2.41. The summed E-state index contributed by atoms with van der Waals surface area (Å²) < 4.78 is 6.86. The Kier molecular flexibility index (Phi) is 7.56. The van der Waals surface area contributed by atoms with Gasteiger partial charge in [0.25, 0.3) is 0 Å². The second-order valence-corrected chi connectivity index (χ2v) is 6.86. The zero-order valence-corrected chi connectivity index (χ0v) is 14.4. The van der Waals surface area contributed by atoms with Gasteiger partial charge in [-0.3, -0.25) is 4.90 Å². The van der Waals surface area contributed by atoms with Crippen molar-refractivity contribution in [3.05, 3.63) is 28.7 Å². The molecule has 0 aliphatic rings. The molecular weight excluding hydrogens is 316 g/mol. The van der Waals surface area contributed by atoms with E-state index in [0.717, 1.165) is 36.3 Å². The van der Waals surface area contributed by atoms with Crippen molar-refractivity contribution in [1.29, 1.82) is 0 Å². The summed E-state index contributed by atoms with van der Waals surface area (Å²) in [5.41, 5.74) is 5.98. The van der Waals surface area contributed by atoms with Crippen molar-refractivity contribution in [2.24, 2.45) is 11.1 Å². The monoisotopic (exact) mass is 342 g/mol. The van der Waals surface area contributed by atoms with E-state index in [1.54, 1.807) is 0 Å². The van der Waals surface area contributed by atoms with Gasteiger partial charge in [-0.1, -0.05) is 36.7 Å². The topological polar surface area (TPSA) is 38.5 Å². The van der Waals surface area contributed by atoms with Crippen LogP contribution in [0.25, 0.3) is 0 Å². The molecule has 4 heteroatoms. The summed E-state index contributed by atoms with van der Waals surface area (Å²) in [5.74, 6) is 0.919. The van der Waals surface area contributed by atoms with E-state index in [2.05, 4.69) is 41.6 Å². The van der Waals surface area contributed by atoms with Gasteiger partial charge < -0.3 is 10.5 Å². The summed E-state index contributed by atoms with van der Waals surface area (Å²) >= 11 is 3.42. The van der Waals surface area contributed by atoms with Crippen LogP contribution in [-0.4, -0.2) is 37.7 Å². The van der Waals surface area contributed by atoms with E-state index in [1.165, 1.54) is 0 Å². The zero-order chi connectivity index (χ0) is 15.0. The molecule has 0 spiro atoms. The molecule has 0 amide bonds. The zero-order valence-electron chi connectivity index (χ0n) is 12.9. The van der Waals surface area contributed by atoms with E-state index in [9.17, 15) is 0 Å². The highest BCUT2D eigenvalue weighted by Gasteiger charge is 2.19. The molecular formula is C16H27BrN2O. The number of nitrogens with zero attached hydrogens (tertiary/aromatic N) is 1. The van der Waals surface area contributed by atoms with Crippen molar-refractivity contribution in [1.82, 2.24) is 4.90 Å². The van der Waals surface area contributed by atoms with Crippen LogP contribution in [0.3, 0.4) is 0 Å². The smallest absolute Gasteiger partial charge is 0.119 e. The van der Waals surface area contributed by atoms with Gasteiger partial charge in [-0.15, -0.1) is 0 Å². The molecule has 1 rings (SSSR count). The molecule has 0 saturated carbocycles. The van der Waals surface area contributed by atoms with E-state index in [0.29, 0.717) is 13.2 Å². The van der Waals surface area contributed by atoms with Gasteiger partial charge in [0.2, 0.25) is 0 Å². The molecule has 0 heterocycles. The Balaban J connectivity index is 2.40. The molecule has 0 saturated heterocycles. The Labute approximate surface area is 131 Å². The van der Waals surface area contributed by atoms with Gasteiger partial charge in [0.05, 0.1) is 0 Å². The molecule has 114 valence electrons. The molecule has 2 N–H and O–H groups in total. The summed E-state index contributed by atoms with van der Waals surface area (Å²) in [6.45, 7) is 11.1. The van der Waals surface area contributed by atoms with E-state index in [1.807, 2.05) is 24.3 Å². The molecule has 3 nitrogen and oxygen atoms in total. The van der Waals surface area contributed by atoms with Crippen molar-refractivity contribution in [2.75, 3.05) is 32.8 Å². The van der Waals surface area contributed by atoms with Crippen LogP contribution in [0.5, 0.6) is 5.75 Å². The van der Waals surface area contributed by atoms with Crippen LogP contribution < -0.4 is 10.5 Å². The minimum absolute atomic E-state index is 0.160. The van der Waals surface area contributed by atoms with Crippen molar-refractivity contribution in [3.8, 4) is 5.75 Å². The molecule has 0 atom stereocenters. The molecule has 0 radical (unpaired) electrons. The quantitative estimate of drug-likeness (QED) is 0.746. The Bertz CT molecular complexity index is 379. The summed E-state index contributed by atoms with van der Waals surface area (Å²) in [4.78, 5) is 2.44. The first-order valence-electron chi connectivity index (χ1n) is 7.27. The maximum Gasteiger partial charge on any atom is 0.119 e. The standard InChI is InChI=1S/C16H27BrN2O/c1-4-9-19(13-16(2,3)12-18)10-11-20-15-7-5-14(17)6-8-15/h5-8H,4,9-13,18H2,1-3H3. The summed E-state index contributed by atoms with van der Waals surface area (Å²) in [6.07, 6.45) is 1.15. The predicted molar refractivity (Wildman–Crippen MR) is 89.2 cm³/mol. The van der Waals surface area contributed by atoms with Crippen LogP contribution in [0.2, 0.25) is 0 Å². The number of nitrogens with two attached hydrogens (primary N) is 1. The first-order valence-corrected chi connectivity index (χ1v) is 8.07. The fourth-order valence-corrected chi connectivity index (χ4v) is 2.34. The predicted octanol–water partition coefficient (Wildman–Crippen LogP) is 3.52. The molecule has 20 heavy (non-hydrogen) atoms. The van der Waals surface area contributed by atoms with Gasteiger partial charge in [0.1, 0.15) is 12.4 Å². The van der Waals surface area contributed by atoms with Crippen LogP contribution in [-0.2, 0) is 0 Å². The van der Waals surface area contributed by atoms with E-state index in [-0.39, 0.29) is 5.41 Å². The molecule has 0 unspecified atom stereocenters. The second-order valence-electron chi connectivity index (χ2n) is 5.95. The maximum atomic E-state index is 5.82. The van der Waals surface area contributed by atoms with Gasteiger partial charge in [-0.25, -0.2) is 0 Å². The number of hydrogen-bond donors (Lipinski definition) is 1. The fourth-order valence-electron chi connectivity index (χ4n) is 2.08. The van der Waals surface area contributed by atoms with E-state index >= 15 is 0 Å². The number of ether oxygens (including phenoxy) is 1. The van der Waals surface area contributed by atoms with Crippen LogP contribution in [0.1, 0.15) is 27.2 Å². The van der Waals surface area contributed by atoms with Gasteiger partial charge in [0.15, 0.2) is 0 Å². The third-order valence-electron chi connectivity index (χ3n) is 3.23. The molecule has 0 aliphatic carbocycles. The Morgan fingerprint density at radius 3 is 2.40 bits per heavy atom. The summed E-state index contributed by atoms with van der Waals surface area (Å²) in [5, 5.41) is 0. The number of hydrogen-bond acceptors (Lipinski definition) is 3. The van der Waals surface area contributed by atoms with Crippen LogP contribution in [0.4, 0.5) is 0 Å². The lowest BCUT2D eigenvalue weighted by molar-refractivity contribution is 0.154.